The Morgan fingerprint density at radius 1 is 1.13 bits per heavy atom. The minimum Gasteiger partial charge on any atom is -0.388 e. The van der Waals surface area contributed by atoms with Crippen molar-refractivity contribution in [1.82, 2.24) is 9.80 Å². The van der Waals surface area contributed by atoms with Gasteiger partial charge < -0.3 is 10.0 Å². The van der Waals surface area contributed by atoms with Gasteiger partial charge in [-0.25, -0.2) is 0 Å². The number of thiocarbonyl (C=S) groups is 1. The van der Waals surface area contributed by atoms with Crippen LogP contribution in [0.5, 0.6) is 0 Å². The van der Waals surface area contributed by atoms with E-state index in [0.717, 1.165) is 81.5 Å². The number of likely N-dealkylation sites (tertiary alicyclic amines) is 1. The van der Waals surface area contributed by atoms with Crippen molar-refractivity contribution in [2.24, 2.45) is 0 Å². The molecular formula is C28H39F3N4O2S. The molecule has 38 heavy (non-hydrogen) atoms. The highest BCUT2D eigenvalue weighted by Gasteiger charge is 2.49. The van der Waals surface area contributed by atoms with E-state index in [1.807, 2.05) is 13.8 Å². The molecule has 1 aromatic carbocycles. The van der Waals surface area contributed by atoms with Gasteiger partial charge in [0.15, 0.2) is 5.11 Å². The number of hydrogen-bond acceptors (Lipinski definition) is 5. The molecule has 0 aromatic heterocycles. The van der Waals surface area contributed by atoms with Crippen LogP contribution in [0.25, 0.3) is 0 Å². The zero-order valence-electron chi connectivity index (χ0n) is 22.8. The molecule has 2 aliphatic heterocycles. The van der Waals surface area contributed by atoms with Crippen molar-refractivity contribution in [2.75, 3.05) is 24.5 Å². The number of nitriles is 1. The SMILES string of the molecule is CCC(O)(CC)[C@@H]1CCCN1CCCCCCN1C(=S)N(c2ccc(C#N)c(C(F)(F)F)c2)C(=O)C1(C)C. The summed E-state index contributed by atoms with van der Waals surface area (Å²) >= 11 is 5.57. The molecule has 0 unspecified atom stereocenters. The van der Waals surface area contributed by atoms with Crippen molar-refractivity contribution >= 4 is 28.9 Å². The molecule has 2 fully saturated rings. The van der Waals surface area contributed by atoms with E-state index in [1.54, 1.807) is 24.8 Å². The molecule has 2 saturated heterocycles. The second-order valence-corrected chi connectivity index (χ2v) is 11.3. The maximum absolute atomic E-state index is 13.5. The summed E-state index contributed by atoms with van der Waals surface area (Å²) in [5.74, 6) is -0.389. The van der Waals surface area contributed by atoms with Crippen LogP contribution >= 0.6 is 12.2 Å². The average Bonchev–Trinajstić information content (AvgIpc) is 3.41. The van der Waals surface area contributed by atoms with Crippen LogP contribution < -0.4 is 4.90 Å². The number of rotatable bonds is 11. The smallest absolute Gasteiger partial charge is 0.388 e. The number of nitrogens with zero attached hydrogens (tertiary/aromatic N) is 4. The van der Waals surface area contributed by atoms with E-state index < -0.39 is 28.4 Å². The predicted molar refractivity (Wildman–Crippen MR) is 146 cm³/mol. The van der Waals surface area contributed by atoms with Gasteiger partial charge >= 0.3 is 6.18 Å². The van der Waals surface area contributed by atoms with Crippen LogP contribution in [0.15, 0.2) is 18.2 Å². The zero-order chi connectivity index (χ0) is 28.3. The lowest BCUT2D eigenvalue weighted by Gasteiger charge is -2.38. The number of hydrogen-bond donors (Lipinski definition) is 1. The lowest BCUT2D eigenvalue weighted by molar-refractivity contribution is -0.137. The van der Waals surface area contributed by atoms with Crippen molar-refractivity contribution < 1.29 is 23.1 Å². The molecule has 6 nitrogen and oxygen atoms in total. The van der Waals surface area contributed by atoms with Crippen LogP contribution in [0.3, 0.4) is 0 Å². The summed E-state index contributed by atoms with van der Waals surface area (Å²) in [6, 6.07) is 5.02. The lowest BCUT2D eigenvalue weighted by atomic mass is 9.87. The van der Waals surface area contributed by atoms with Gasteiger partial charge in [0.2, 0.25) is 0 Å². The Morgan fingerprint density at radius 3 is 2.34 bits per heavy atom. The second-order valence-electron chi connectivity index (χ2n) is 10.9. The van der Waals surface area contributed by atoms with Gasteiger partial charge in [0, 0.05) is 12.6 Å². The van der Waals surface area contributed by atoms with E-state index in [0.29, 0.717) is 6.54 Å². The molecule has 1 atom stereocenters. The number of aliphatic hydroxyl groups is 1. The first-order valence-electron chi connectivity index (χ1n) is 13.6. The summed E-state index contributed by atoms with van der Waals surface area (Å²) < 4.78 is 40.5. The van der Waals surface area contributed by atoms with Crippen molar-refractivity contribution in [3.63, 3.8) is 0 Å². The molecule has 1 aromatic rings. The summed E-state index contributed by atoms with van der Waals surface area (Å²) in [4.78, 5) is 18.6. The summed E-state index contributed by atoms with van der Waals surface area (Å²) in [5, 5.41) is 20.2. The largest absolute Gasteiger partial charge is 0.417 e. The van der Waals surface area contributed by atoms with Gasteiger partial charge in [-0.1, -0.05) is 26.7 Å². The number of unbranched alkanes of at least 4 members (excludes halogenated alkanes) is 3. The molecule has 10 heteroatoms. The molecular weight excluding hydrogens is 513 g/mol. The van der Waals surface area contributed by atoms with Crippen molar-refractivity contribution in [3.8, 4) is 6.07 Å². The fraction of sp³-hybridized carbons (Fsp3) is 0.679. The average molecular weight is 553 g/mol. The molecule has 1 amide bonds. The molecule has 210 valence electrons. The third-order valence-electron chi connectivity index (χ3n) is 8.30. The Hall–Kier alpha value is -2.22. The minimum atomic E-state index is -4.72. The van der Waals surface area contributed by atoms with Crippen molar-refractivity contribution in [2.45, 2.75) is 102 Å². The predicted octanol–water partition coefficient (Wildman–Crippen LogP) is 5.87. The first kappa shape index (κ1) is 30.3. The molecule has 0 saturated carbocycles. The minimum absolute atomic E-state index is 0.0150. The second kappa shape index (κ2) is 11.9. The van der Waals surface area contributed by atoms with Gasteiger partial charge in [-0.2, -0.15) is 18.4 Å². The summed E-state index contributed by atoms with van der Waals surface area (Å²) in [7, 11) is 0. The number of carbonyl (C=O) groups excluding carboxylic acids is 1. The number of amides is 1. The third-order valence-corrected chi connectivity index (χ3v) is 8.70. The topological polar surface area (TPSA) is 70.8 Å². The van der Waals surface area contributed by atoms with Crippen LogP contribution in [0, 0.1) is 11.3 Å². The Morgan fingerprint density at radius 2 is 1.76 bits per heavy atom. The fourth-order valence-electron chi connectivity index (χ4n) is 5.80. The van der Waals surface area contributed by atoms with Crippen molar-refractivity contribution in [1.29, 1.82) is 5.26 Å². The quantitative estimate of drug-likeness (QED) is 0.274. The van der Waals surface area contributed by atoms with E-state index in [4.69, 9.17) is 17.5 Å². The monoisotopic (exact) mass is 552 g/mol. The highest BCUT2D eigenvalue weighted by atomic mass is 32.1. The van der Waals surface area contributed by atoms with Crippen LogP contribution in [-0.4, -0.2) is 62.7 Å². The summed E-state index contributed by atoms with van der Waals surface area (Å²) in [6.07, 6.45) is 2.69. The Kier molecular flexibility index (Phi) is 9.49. The maximum atomic E-state index is 13.5. The van der Waals surface area contributed by atoms with Crippen LogP contribution in [0.2, 0.25) is 0 Å². The van der Waals surface area contributed by atoms with Gasteiger partial charge in [-0.05, 0) is 95.9 Å². The van der Waals surface area contributed by atoms with Gasteiger partial charge in [0.05, 0.1) is 28.5 Å². The number of alkyl halides is 3. The molecule has 1 N–H and O–H groups in total. The molecule has 2 aliphatic rings. The van der Waals surface area contributed by atoms with E-state index in [9.17, 15) is 23.1 Å². The number of halogens is 3. The molecule has 3 rings (SSSR count). The number of carbonyl (C=O) groups is 1. The normalized spacial score (nSPS) is 20.4. The standard InChI is InChI=1S/C28H39F3N4O2S/c1-5-27(37,6-2)23-12-11-16-33(23)15-9-7-8-10-17-34-25(38)35(24(36)26(34,3)4)21-14-13-20(19-32)22(18-21)28(29,30)31/h13-14,18,23,37H,5-12,15-17H2,1-4H3/t23-/m0/s1. The molecule has 0 bridgehead atoms. The van der Waals surface area contributed by atoms with Gasteiger partial charge in [0.25, 0.3) is 5.91 Å². The van der Waals surface area contributed by atoms with Crippen LogP contribution in [0.1, 0.15) is 90.2 Å². The van der Waals surface area contributed by atoms with E-state index >= 15 is 0 Å². The van der Waals surface area contributed by atoms with Crippen LogP contribution in [-0.2, 0) is 11.0 Å². The van der Waals surface area contributed by atoms with Crippen molar-refractivity contribution in [3.05, 3.63) is 29.3 Å². The summed E-state index contributed by atoms with van der Waals surface area (Å²) in [5.41, 5.74) is -3.18. The number of anilines is 1. The van der Waals surface area contributed by atoms with Gasteiger partial charge in [0.1, 0.15) is 5.54 Å². The van der Waals surface area contributed by atoms with Gasteiger partial charge in [-0.3, -0.25) is 14.6 Å². The molecule has 2 heterocycles. The zero-order valence-corrected chi connectivity index (χ0v) is 23.6. The van der Waals surface area contributed by atoms with E-state index in [2.05, 4.69) is 4.90 Å². The van der Waals surface area contributed by atoms with Gasteiger partial charge in [-0.15, -0.1) is 0 Å². The highest BCUT2D eigenvalue weighted by Crippen LogP contribution is 2.38. The third kappa shape index (κ3) is 6.00. The van der Waals surface area contributed by atoms with Crippen LogP contribution in [0.4, 0.5) is 18.9 Å². The fourth-order valence-corrected chi connectivity index (χ4v) is 6.31. The van der Waals surface area contributed by atoms with E-state index in [1.165, 1.54) is 6.07 Å². The summed E-state index contributed by atoms with van der Waals surface area (Å²) in [6.45, 7) is 10.0. The first-order valence-corrected chi connectivity index (χ1v) is 14.0. The Labute approximate surface area is 229 Å². The molecule has 0 radical (unpaired) electrons. The Balaban J connectivity index is 1.58. The molecule has 0 spiro atoms. The number of benzene rings is 1. The Bertz CT molecular complexity index is 1070. The lowest BCUT2D eigenvalue weighted by Crippen LogP contribution is -2.49. The molecule has 0 aliphatic carbocycles. The highest BCUT2D eigenvalue weighted by molar-refractivity contribution is 7.80. The first-order chi connectivity index (χ1) is 17.8. The van der Waals surface area contributed by atoms with E-state index in [-0.39, 0.29) is 22.7 Å². The maximum Gasteiger partial charge on any atom is 0.417 e.